The van der Waals surface area contributed by atoms with Crippen molar-refractivity contribution in [1.82, 2.24) is 15.0 Å². The van der Waals surface area contributed by atoms with Crippen molar-refractivity contribution >= 4 is 23.6 Å². The van der Waals surface area contributed by atoms with E-state index < -0.39 is 0 Å². The van der Waals surface area contributed by atoms with Crippen molar-refractivity contribution < 1.29 is 9.53 Å². The largest absolute Gasteiger partial charge is 0.457 e. The van der Waals surface area contributed by atoms with Crippen molar-refractivity contribution in [3.05, 3.63) is 35.7 Å². The molecule has 7 nitrogen and oxygen atoms in total. The Bertz CT molecular complexity index is 801. The number of nitrogens with zero attached hydrogens (tertiary/aromatic N) is 3. The summed E-state index contributed by atoms with van der Waals surface area (Å²) in [6.07, 6.45) is 7.84. The van der Waals surface area contributed by atoms with Gasteiger partial charge in [-0.1, -0.05) is 43.9 Å². The lowest BCUT2D eigenvalue weighted by Crippen LogP contribution is -2.24. The number of benzene rings is 1. The highest BCUT2D eigenvalue weighted by atomic mass is 16.5. The molecule has 3 N–H and O–H groups in total. The van der Waals surface area contributed by atoms with Gasteiger partial charge >= 0.3 is 5.97 Å². The molecule has 3 rings (SSSR count). The van der Waals surface area contributed by atoms with Crippen molar-refractivity contribution in [3.63, 3.8) is 0 Å². The maximum atomic E-state index is 12.4. The van der Waals surface area contributed by atoms with Crippen LogP contribution < -0.4 is 11.1 Å². The molecule has 1 saturated carbocycles. The van der Waals surface area contributed by atoms with E-state index in [0.717, 1.165) is 42.9 Å². The topological polar surface area (TPSA) is 103 Å². The molecule has 0 unspecified atom stereocenters. The Kier molecular flexibility index (Phi) is 7.38. The zero-order chi connectivity index (χ0) is 20.6. The normalized spacial score (nSPS) is 19.0. The molecule has 0 radical (unpaired) electrons. The molecule has 1 aliphatic carbocycles. The van der Waals surface area contributed by atoms with E-state index in [4.69, 9.17) is 10.5 Å². The molecule has 0 aliphatic heterocycles. The fraction of sp³-hybridized carbons (Fsp3) is 0.545. The monoisotopic (exact) mass is 397 g/mol. The molecule has 1 fully saturated rings. The first-order valence-electron chi connectivity index (χ1n) is 10.5. The van der Waals surface area contributed by atoms with E-state index >= 15 is 0 Å². The lowest BCUT2D eigenvalue weighted by Gasteiger charge is -2.27. The first-order chi connectivity index (χ1) is 14.0. The number of carbonyl (C=O) groups is 1. The molecular weight excluding hydrogens is 366 g/mol. The van der Waals surface area contributed by atoms with Crippen LogP contribution in [0.15, 0.2) is 24.3 Å². The number of ether oxygens (including phenoxy) is 1. The zero-order valence-electron chi connectivity index (χ0n) is 17.4. The highest BCUT2D eigenvalue weighted by Crippen LogP contribution is 2.32. The van der Waals surface area contributed by atoms with Crippen LogP contribution in [0.2, 0.25) is 0 Å². The minimum absolute atomic E-state index is 0.00386. The summed E-state index contributed by atoms with van der Waals surface area (Å²) in [7, 11) is 0. The number of anilines is 3. The summed E-state index contributed by atoms with van der Waals surface area (Å²) in [4.78, 5) is 25.0. The van der Waals surface area contributed by atoms with Gasteiger partial charge in [-0.25, -0.2) is 0 Å². The number of esters is 1. The van der Waals surface area contributed by atoms with Gasteiger partial charge in [-0.2, -0.15) is 15.0 Å². The first-order valence-corrected chi connectivity index (χ1v) is 10.5. The van der Waals surface area contributed by atoms with Gasteiger partial charge in [0.1, 0.15) is 0 Å². The molecule has 2 aromatic rings. The molecule has 0 spiro atoms. The van der Waals surface area contributed by atoms with E-state index in [-0.39, 0.29) is 24.4 Å². The maximum absolute atomic E-state index is 12.4. The number of carbonyl (C=O) groups excluding carboxylic acids is 1. The van der Waals surface area contributed by atoms with Crippen LogP contribution in [0, 0.1) is 18.8 Å². The number of aromatic nitrogens is 3. The summed E-state index contributed by atoms with van der Waals surface area (Å²) in [5.41, 5.74) is 7.81. The Morgan fingerprint density at radius 2 is 1.86 bits per heavy atom. The summed E-state index contributed by atoms with van der Waals surface area (Å²) in [5, 5.41) is 3.10. The van der Waals surface area contributed by atoms with Crippen LogP contribution in [0.1, 0.15) is 63.3 Å². The minimum atomic E-state index is -0.161. The van der Waals surface area contributed by atoms with Gasteiger partial charge in [-0.3, -0.25) is 4.79 Å². The number of aryl methyl sites for hydroxylation is 1. The Hall–Kier alpha value is -2.70. The van der Waals surface area contributed by atoms with E-state index in [1.165, 1.54) is 19.3 Å². The van der Waals surface area contributed by atoms with Crippen LogP contribution in [0.25, 0.3) is 0 Å². The SMILES string of the molecule is CCCCC1CCC(C(=O)OCc2nc(N)nc(Nc3ccc(C)cc3)n2)CC1. The van der Waals surface area contributed by atoms with Crippen LogP contribution >= 0.6 is 0 Å². The molecule has 0 amide bonds. The minimum Gasteiger partial charge on any atom is -0.457 e. The van der Waals surface area contributed by atoms with Gasteiger partial charge in [-0.05, 0) is 50.7 Å². The molecule has 0 bridgehead atoms. The number of hydrogen-bond donors (Lipinski definition) is 2. The average Bonchev–Trinajstić information content (AvgIpc) is 2.72. The second-order valence-corrected chi connectivity index (χ2v) is 7.89. The second kappa shape index (κ2) is 10.2. The molecular formula is C22H31N5O2. The van der Waals surface area contributed by atoms with Gasteiger partial charge in [-0.15, -0.1) is 0 Å². The lowest BCUT2D eigenvalue weighted by atomic mass is 9.80. The van der Waals surface area contributed by atoms with Crippen LogP contribution in [-0.2, 0) is 16.1 Å². The van der Waals surface area contributed by atoms with Gasteiger partial charge in [0.05, 0.1) is 5.92 Å². The standard InChI is InChI=1S/C22H31N5O2/c1-3-4-5-16-8-10-17(11-9-16)20(28)29-14-19-25-21(23)27-22(26-19)24-18-12-6-15(2)7-13-18/h6-7,12-13,16-17H,3-5,8-11,14H2,1-2H3,(H3,23,24,25,26,27). The number of nitrogens with one attached hydrogen (secondary N) is 1. The van der Waals surface area contributed by atoms with Crippen molar-refractivity contribution in [2.24, 2.45) is 11.8 Å². The van der Waals surface area contributed by atoms with Gasteiger partial charge in [0, 0.05) is 5.69 Å². The number of hydrogen-bond acceptors (Lipinski definition) is 7. The fourth-order valence-corrected chi connectivity index (χ4v) is 3.76. The molecule has 1 aromatic carbocycles. The third-order valence-electron chi connectivity index (χ3n) is 5.50. The Labute approximate surface area is 172 Å². The molecule has 156 valence electrons. The molecule has 0 atom stereocenters. The molecule has 1 heterocycles. The smallest absolute Gasteiger partial charge is 0.309 e. The summed E-state index contributed by atoms with van der Waals surface area (Å²) in [6, 6.07) is 7.86. The summed E-state index contributed by atoms with van der Waals surface area (Å²) >= 11 is 0. The van der Waals surface area contributed by atoms with E-state index in [1.54, 1.807) is 0 Å². The van der Waals surface area contributed by atoms with Crippen LogP contribution in [0.3, 0.4) is 0 Å². The maximum Gasteiger partial charge on any atom is 0.309 e. The molecule has 1 aliphatic rings. The fourth-order valence-electron chi connectivity index (χ4n) is 3.76. The molecule has 29 heavy (non-hydrogen) atoms. The van der Waals surface area contributed by atoms with Gasteiger partial charge in [0.15, 0.2) is 12.4 Å². The zero-order valence-corrected chi connectivity index (χ0v) is 17.4. The number of nitrogens with two attached hydrogens (primary N) is 1. The van der Waals surface area contributed by atoms with Gasteiger partial charge in [0.25, 0.3) is 0 Å². The summed E-state index contributed by atoms with van der Waals surface area (Å²) < 4.78 is 5.48. The summed E-state index contributed by atoms with van der Waals surface area (Å²) in [6.45, 7) is 4.25. The third kappa shape index (κ3) is 6.41. The van der Waals surface area contributed by atoms with E-state index in [2.05, 4.69) is 27.2 Å². The Morgan fingerprint density at radius 3 is 2.55 bits per heavy atom. The quantitative estimate of drug-likeness (QED) is 0.630. The van der Waals surface area contributed by atoms with Crippen LogP contribution in [0.4, 0.5) is 17.6 Å². The van der Waals surface area contributed by atoms with Crippen molar-refractivity contribution in [2.75, 3.05) is 11.1 Å². The number of unbranched alkanes of at least 4 members (excludes halogenated alkanes) is 1. The number of nitrogen functional groups attached to an aromatic ring is 1. The molecule has 1 aromatic heterocycles. The van der Waals surface area contributed by atoms with Gasteiger partial charge < -0.3 is 15.8 Å². The van der Waals surface area contributed by atoms with E-state index in [9.17, 15) is 4.79 Å². The average molecular weight is 398 g/mol. The highest BCUT2D eigenvalue weighted by molar-refractivity contribution is 5.72. The second-order valence-electron chi connectivity index (χ2n) is 7.89. The predicted molar refractivity (Wildman–Crippen MR) is 113 cm³/mol. The highest BCUT2D eigenvalue weighted by Gasteiger charge is 2.27. The number of rotatable bonds is 8. The Morgan fingerprint density at radius 1 is 1.14 bits per heavy atom. The van der Waals surface area contributed by atoms with E-state index in [0.29, 0.717) is 11.8 Å². The molecule has 7 heteroatoms. The van der Waals surface area contributed by atoms with Crippen molar-refractivity contribution in [1.29, 1.82) is 0 Å². The Balaban J connectivity index is 1.52. The van der Waals surface area contributed by atoms with Gasteiger partial charge in [0.2, 0.25) is 11.9 Å². The van der Waals surface area contributed by atoms with Crippen LogP contribution in [-0.4, -0.2) is 20.9 Å². The van der Waals surface area contributed by atoms with Crippen molar-refractivity contribution in [2.45, 2.75) is 65.4 Å². The summed E-state index contributed by atoms with van der Waals surface area (Å²) in [5.74, 6) is 1.36. The van der Waals surface area contributed by atoms with Crippen molar-refractivity contribution in [3.8, 4) is 0 Å². The third-order valence-corrected chi connectivity index (χ3v) is 5.50. The van der Waals surface area contributed by atoms with Crippen LogP contribution in [0.5, 0.6) is 0 Å². The van der Waals surface area contributed by atoms with E-state index in [1.807, 2.05) is 31.2 Å². The predicted octanol–water partition coefficient (Wildman–Crippen LogP) is 4.55. The molecule has 0 saturated heterocycles. The lowest BCUT2D eigenvalue weighted by molar-refractivity contribution is -0.151. The first kappa shape index (κ1) is 21.0.